The van der Waals surface area contributed by atoms with Crippen LogP contribution in [0.25, 0.3) is 0 Å². The Hall–Kier alpha value is -1.07. The van der Waals surface area contributed by atoms with Crippen molar-refractivity contribution in [3.63, 3.8) is 0 Å². The van der Waals surface area contributed by atoms with Crippen LogP contribution in [0, 0.1) is 0 Å². The molecule has 0 aromatic heterocycles. The Morgan fingerprint density at radius 3 is 2.88 bits per heavy atom. The number of ether oxygens (including phenoxy) is 3. The van der Waals surface area contributed by atoms with Crippen molar-refractivity contribution in [1.29, 1.82) is 0 Å². The van der Waals surface area contributed by atoms with Crippen molar-refractivity contribution in [1.82, 2.24) is 4.90 Å². The SMILES string of the molecule is CC1=CCN(C[C@H]2COC(C)(C)O2)C(=O)O1. The van der Waals surface area contributed by atoms with Gasteiger partial charge >= 0.3 is 6.09 Å². The van der Waals surface area contributed by atoms with Crippen LogP contribution in [0.15, 0.2) is 11.8 Å². The minimum atomic E-state index is -0.546. The molecule has 0 bridgehead atoms. The van der Waals surface area contributed by atoms with Gasteiger partial charge in [0.1, 0.15) is 11.9 Å². The van der Waals surface area contributed by atoms with E-state index in [0.29, 0.717) is 25.5 Å². The molecule has 2 rings (SSSR count). The average Bonchev–Trinajstić information content (AvgIpc) is 2.51. The third-order valence-corrected chi connectivity index (χ3v) is 2.60. The van der Waals surface area contributed by atoms with Crippen LogP contribution in [0.1, 0.15) is 20.8 Å². The van der Waals surface area contributed by atoms with Crippen LogP contribution < -0.4 is 0 Å². The quantitative estimate of drug-likeness (QED) is 0.717. The third kappa shape index (κ3) is 2.54. The maximum atomic E-state index is 11.5. The number of nitrogens with zero attached hydrogens (tertiary/aromatic N) is 1. The molecule has 1 saturated heterocycles. The van der Waals surface area contributed by atoms with Crippen molar-refractivity contribution >= 4 is 6.09 Å². The van der Waals surface area contributed by atoms with Gasteiger partial charge in [0.25, 0.3) is 0 Å². The molecule has 2 aliphatic heterocycles. The van der Waals surface area contributed by atoms with E-state index in [-0.39, 0.29) is 12.2 Å². The van der Waals surface area contributed by atoms with Crippen molar-refractivity contribution in [2.24, 2.45) is 0 Å². The van der Waals surface area contributed by atoms with Crippen LogP contribution in [0.4, 0.5) is 4.79 Å². The normalized spacial score (nSPS) is 28.9. The molecule has 1 atom stereocenters. The molecule has 2 heterocycles. The number of cyclic esters (lactones) is 1. The molecular formula is C11H17NO4. The highest BCUT2D eigenvalue weighted by Crippen LogP contribution is 2.23. The maximum Gasteiger partial charge on any atom is 0.415 e. The Morgan fingerprint density at radius 1 is 1.56 bits per heavy atom. The van der Waals surface area contributed by atoms with Gasteiger partial charge in [-0.15, -0.1) is 0 Å². The molecule has 1 fully saturated rings. The van der Waals surface area contributed by atoms with Gasteiger partial charge in [0.2, 0.25) is 0 Å². The Balaban J connectivity index is 1.89. The molecule has 0 N–H and O–H groups in total. The molecular weight excluding hydrogens is 210 g/mol. The van der Waals surface area contributed by atoms with E-state index < -0.39 is 5.79 Å². The Bertz CT molecular complexity index is 324. The first-order valence-corrected chi connectivity index (χ1v) is 5.41. The fourth-order valence-corrected chi connectivity index (χ4v) is 1.81. The molecule has 0 aliphatic carbocycles. The lowest BCUT2D eigenvalue weighted by Gasteiger charge is -2.27. The van der Waals surface area contributed by atoms with Crippen molar-refractivity contribution in [3.05, 3.63) is 11.8 Å². The highest BCUT2D eigenvalue weighted by atomic mass is 16.7. The predicted octanol–water partition coefficient (Wildman–Crippen LogP) is 1.49. The smallest absolute Gasteiger partial charge is 0.415 e. The van der Waals surface area contributed by atoms with Gasteiger partial charge in [-0.3, -0.25) is 0 Å². The fraction of sp³-hybridized carbons (Fsp3) is 0.727. The number of carbonyl (C=O) groups excluding carboxylic acids is 1. The number of rotatable bonds is 2. The molecule has 5 nitrogen and oxygen atoms in total. The largest absolute Gasteiger partial charge is 0.415 e. The molecule has 5 heteroatoms. The molecule has 0 radical (unpaired) electrons. The lowest BCUT2D eigenvalue weighted by Crippen LogP contribution is -2.41. The first-order valence-electron chi connectivity index (χ1n) is 5.41. The summed E-state index contributed by atoms with van der Waals surface area (Å²) < 4.78 is 16.1. The van der Waals surface area contributed by atoms with Gasteiger partial charge < -0.3 is 19.1 Å². The van der Waals surface area contributed by atoms with Crippen LogP contribution in [-0.2, 0) is 14.2 Å². The monoisotopic (exact) mass is 227 g/mol. The Morgan fingerprint density at radius 2 is 2.31 bits per heavy atom. The Labute approximate surface area is 94.9 Å². The molecule has 0 aromatic rings. The van der Waals surface area contributed by atoms with Crippen LogP contribution >= 0.6 is 0 Å². The molecule has 0 saturated carbocycles. The second kappa shape index (κ2) is 4.07. The number of hydrogen-bond acceptors (Lipinski definition) is 4. The zero-order valence-corrected chi connectivity index (χ0v) is 9.86. The van der Waals surface area contributed by atoms with E-state index in [1.54, 1.807) is 11.8 Å². The zero-order valence-electron chi connectivity index (χ0n) is 9.86. The summed E-state index contributed by atoms with van der Waals surface area (Å²) in [5.41, 5.74) is 0. The van der Waals surface area contributed by atoms with E-state index in [1.807, 2.05) is 19.9 Å². The van der Waals surface area contributed by atoms with Gasteiger partial charge in [0.05, 0.1) is 13.2 Å². The molecule has 16 heavy (non-hydrogen) atoms. The highest BCUT2D eigenvalue weighted by molar-refractivity contribution is 5.70. The summed E-state index contributed by atoms with van der Waals surface area (Å²) in [6.07, 6.45) is 1.49. The molecule has 0 aromatic carbocycles. The van der Waals surface area contributed by atoms with Crippen molar-refractivity contribution in [2.45, 2.75) is 32.7 Å². The average molecular weight is 227 g/mol. The van der Waals surface area contributed by atoms with Gasteiger partial charge in [-0.25, -0.2) is 4.79 Å². The highest BCUT2D eigenvalue weighted by Gasteiger charge is 2.35. The van der Waals surface area contributed by atoms with E-state index >= 15 is 0 Å². The Kier molecular flexibility index (Phi) is 2.90. The van der Waals surface area contributed by atoms with E-state index in [0.717, 1.165) is 0 Å². The summed E-state index contributed by atoms with van der Waals surface area (Å²) in [4.78, 5) is 13.1. The standard InChI is InChI=1S/C11H17NO4/c1-8-4-5-12(10(13)15-8)6-9-7-14-11(2,3)16-9/h4,9H,5-7H2,1-3H3/t9-/m0/s1. The first-order chi connectivity index (χ1) is 7.46. The molecule has 0 unspecified atom stereocenters. The number of carbonyl (C=O) groups is 1. The summed E-state index contributed by atoms with van der Waals surface area (Å²) in [5, 5.41) is 0. The summed E-state index contributed by atoms with van der Waals surface area (Å²) in [7, 11) is 0. The minimum Gasteiger partial charge on any atom is -0.415 e. The molecule has 0 spiro atoms. The predicted molar refractivity (Wildman–Crippen MR) is 56.7 cm³/mol. The third-order valence-electron chi connectivity index (χ3n) is 2.60. The van der Waals surface area contributed by atoms with E-state index in [4.69, 9.17) is 14.2 Å². The van der Waals surface area contributed by atoms with Crippen molar-refractivity contribution in [2.75, 3.05) is 19.7 Å². The number of allylic oxidation sites excluding steroid dienone is 1. The van der Waals surface area contributed by atoms with Gasteiger partial charge in [0, 0.05) is 6.54 Å². The van der Waals surface area contributed by atoms with Crippen LogP contribution in [0.5, 0.6) is 0 Å². The number of amides is 1. The topological polar surface area (TPSA) is 48.0 Å². The van der Waals surface area contributed by atoms with E-state index in [9.17, 15) is 4.79 Å². The van der Waals surface area contributed by atoms with Gasteiger partial charge in [-0.05, 0) is 26.8 Å². The van der Waals surface area contributed by atoms with Crippen molar-refractivity contribution in [3.8, 4) is 0 Å². The summed E-state index contributed by atoms with van der Waals surface area (Å²) in [6.45, 7) is 7.10. The van der Waals surface area contributed by atoms with Crippen molar-refractivity contribution < 1.29 is 19.0 Å². The lowest BCUT2D eigenvalue weighted by molar-refractivity contribution is -0.139. The second-order valence-electron chi connectivity index (χ2n) is 4.54. The zero-order chi connectivity index (χ0) is 11.8. The van der Waals surface area contributed by atoms with Gasteiger partial charge in [-0.2, -0.15) is 0 Å². The summed E-state index contributed by atoms with van der Waals surface area (Å²) >= 11 is 0. The number of hydrogen-bond donors (Lipinski definition) is 0. The van der Waals surface area contributed by atoms with E-state index in [1.165, 1.54) is 0 Å². The fourth-order valence-electron chi connectivity index (χ4n) is 1.81. The van der Waals surface area contributed by atoms with Gasteiger partial charge in [0.15, 0.2) is 5.79 Å². The second-order valence-corrected chi connectivity index (χ2v) is 4.54. The molecule has 2 aliphatic rings. The minimum absolute atomic E-state index is 0.0747. The van der Waals surface area contributed by atoms with Crippen LogP contribution in [0.2, 0.25) is 0 Å². The summed E-state index contributed by atoms with van der Waals surface area (Å²) in [6, 6.07) is 0. The molecule has 90 valence electrons. The van der Waals surface area contributed by atoms with Crippen LogP contribution in [0.3, 0.4) is 0 Å². The first kappa shape index (κ1) is 11.4. The molecule has 1 amide bonds. The van der Waals surface area contributed by atoms with E-state index in [2.05, 4.69) is 0 Å². The maximum absolute atomic E-state index is 11.5. The summed E-state index contributed by atoms with van der Waals surface area (Å²) in [5.74, 6) is 0.112. The van der Waals surface area contributed by atoms with Crippen LogP contribution in [-0.4, -0.2) is 42.6 Å². The lowest BCUT2D eigenvalue weighted by atomic mass is 10.3. The van der Waals surface area contributed by atoms with Gasteiger partial charge in [-0.1, -0.05) is 0 Å².